The fourth-order valence-corrected chi connectivity index (χ4v) is 5.05. The van der Waals surface area contributed by atoms with E-state index >= 15 is 4.39 Å². The number of carbonyl (C=O) groups is 1. The second-order valence-corrected chi connectivity index (χ2v) is 8.64. The maximum Gasteiger partial charge on any atom is 0.341 e. The third-order valence-electron chi connectivity index (χ3n) is 6.69. The number of fused-ring (bicyclic) bond motifs is 2. The first-order valence-electron chi connectivity index (χ1n) is 10.3. The summed E-state index contributed by atoms with van der Waals surface area (Å²) in [7, 11) is 1.45. The summed E-state index contributed by atoms with van der Waals surface area (Å²) in [6.07, 6.45) is 5.09. The first-order valence-corrected chi connectivity index (χ1v) is 10.3. The maximum atomic E-state index is 15.4. The van der Waals surface area contributed by atoms with Crippen molar-refractivity contribution in [2.45, 2.75) is 37.4 Å². The molecule has 3 heterocycles. The number of halogens is 1. The molecule has 30 heavy (non-hydrogen) atoms. The van der Waals surface area contributed by atoms with Gasteiger partial charge in [-0.3, -0.25) is 10.1 Å². The average Bonchev–Trinajstić information content (AvgIpc) is 3.48. The molecule has 160 valence electrons. The van der Waals surface area contributed by atoms with E-state index in [0.717, 1.165) is 38.3 Å². The molecule has 3 aliphatic rings. The van der Waals surface area contributed by atoms with Gasteiger partial charge in [-0.1, -0.05) is 0 Å². The molecular weight excluding hydrogens is 391 g/mol. The van der Waals surface area contributed by atoms with E-state index in [0.29, 0.717) is 18.6 Å². The van der Waals surface area contributed by atoms with Gasteiger partial charge in [0, 0.05) is 31.2 Å². The molecule has 0 amide bonds. The largest absolute Gasteiger partial charge is 0.492 e. The van der Waals surface area contributed by atoms with Crippen LogP contribution in [0.15, 0.2) is 17.1 Å². The summed E-state index contributed by atoms with van der Waals surface area (Å²) < 4.78 is 22.8. The highest BCUT2D eigenvalue weighted by Crippen LogP contribution is 2.45. The number of nitrogens with one attached hydrogen (secondary N) is 1. The van der Waals surface area contributed by atoms with Crippen molar-refractivity contribution >= 4 is 22.6 Å². The van der Waals surface area contributed by atoms with Crippen LogP contribution in [0.1, 0.15) is 42.1 Å². The molecule has 8 nitrogen and oxygen atoms in total. The summed E-state index contributed by atoms with van der Waals surface area (Å²) in [4.78, 5) is 26.3. The molecular formula is C21H25FN4O4. The van der Waals surface area contributed by atoms with Gasteiger partial charge in [-0.2, -0.15) is 0 Å². The van der Waals surface area contributed by atoms with E-state index in [2.05, 4.69) is 5.32 Å². The zero-order valence-electron chi connectivity index (χ0n) is 16.8. The van der Waals surface area contributed by atoms with Gasteiger partial charge in [0.05, 0.1) is 23.7 Å². The monoisotopic (exact) mass is 416 g/mol. The van der Waals surface area contributed by atoms with Gasteiger partial charge in [0.1, 0.15) is 11.3 Å². The lowest BCUT2D eigenvalue weighted by atomic mass is 9.89. The van der Waals surface area contributed by atoms with Gasteiger partial charge in [-0.15, -0.1) is 0 Å². The van der Waals surface area contributed by atoms with E-state index in [1.165, 1.54) is 13.3 Å². The number of piperidine rings is 1. The molecule has 0 radical (unpaired) electrons. The molecule has 5 rings (SSSR count). The number of carboxylic acids is 1. The lowest BCUT2D eigenvalue weighted by Crippen LogP contribution is -2.62. The molecule has 0 spiro atoms. The van der Waals surface area contributed by atoms with Crippen molar-refractivity contribution in [1.82, 2.24) is 9.88 Å². The number of benzene rings is 1. The highest BCUT2D eigenvalue weighted by atomic mass is 19.1. The Hall–Kier alpha value is -2.65. The van der Waals surface area contributed by atoms with Crippen LogP contribution in [0.5, 0.6) is 5.75 Å². The molecule has 1 aromatic carbocycles. The summed E-state index contributed by atoms with van der Waals surface area (Å²) in [6.45, 7) is 1.85. The van der Waals surface area contributed by atoms with E-state index in [4.69, 9.17) is 10.5 Å². The van der Waals surface area contributed by atoms with Gasteiger partial charge >= 0.3 is 5.97 Å². The summed E-state index contributed by atoms with van der Waals surface area (Å²) >= 11 is 0. The topological polar surface area (TPSA) is 110 Å². The fraction of sp³-hybridized carbons (Fsp3) is 0.524. The van der Waals surface area contributed by atoms with E-state index < -0.39 is 22.9 Å². The first-order chi connectivity index (χ1) is 14.3. The molecule has 2 atom stereocenters. The number of ether oxygens (including phenoxy) is 1. The van der Waals surface area contributed by atoms with Crippen molar-refractivity contribution < 1.29 is 19.0 Å². The lowest BCUT2D eigenvalue weighted by Gasteiger charge is -2.35. The molecule has 9 heteroatoms. The Morgan fingerprint density at radius 1 is 1.40 bits per heavy atom. The second kappa shape index (κ2) is 6.68. The molecule has 2 aromatic rings. The molecule has 1 saturated carbocycles. The van der Waals surface area contributed by atoms with Crippen molar-refractivity contribution in [3.63, 3.8) is 0 Å². The summed E-state index contributed by atoms with van der Waals surface area (Å²) in [5, 5.41) is 12.9. The zero-order chi connectivity index (χ0) is 21.2. The summed E-state index contributed by atoms with van der Waals surface area (Å²) in [6, 6.07) is 1.22. The van der Waals surface area contributed by atoms with Gasteiger partial charge in [0.2, 0.25) is 5.43 Å². The smallest absolute Gasteiger partial charge is 0.341 e. The van der Waals surface area contributed by atoms with Crippen LogP contribution in [0.25, 0.3) is 10.9 Å². The summed E-state index contributed by atoms with van der Waals surface area (Å²) in [5.41, 5.74) is 5.65. The van der Waals surface area contributed by atoms with Gasteiger partial charge in [-0.25, -0.2) is 9.18 Å². The number of anilines is 1. The molecule has 1 aromatic heterocycles. The van der Waals surface area contributed by atoms with Crippen LogP contribution in [0.4, 0.5) is 10.1 Å². The van der Waals surface area contributed by atoms with Crippen LogP contribution in [0.2, 0.25) is 0 Å². The number of pyridine rings is 1. The minimum absolute atomic E-state index is 0.0251. The van der Waals surface area contributed by atoms with Crippen molar-refractivity contribution in [2.75, 3.05) is 31.6 Å². The predicted octanol–water partition coefficient (Wildman–Crippen LogP) is 1.66. The molecule has 1 aliphatic carbocycles. The molecule has 2 aliphatic heterocycles. The maximum absolute atomic E-state index is 15.4. The van der Waals surface area contributed by atoms with Crippen molar-refractivity contribution in [3.05, 3.63) is 33.9 Å². The van der Waals surface area contributed by atoms with Crippen molar-refractivity contribution in [2.24, 2.45) is 11.7 Å². The number of nitrogens with two attached hydrogens (primary N) is 1. The number of nitrogens with zero attached hydrogens (tertiary/aromatic N) is 2. The SMILES string of the molecule is COc1c(N2CC3CCCNC3(N)C2)c(F)cc2c(=O)c(C(=O)O)cn(C3CC3)c12. The Morgan fingerprint density at radius 2 is 2.17 bits per heavy atom. The number of aromatic carboxylic acids is 1. The molecule has 2 saturated heterocycles. The van der Waals surface area contributed by atoms with Crippen molar-refractivity contribution in [3.8, 4) is 5.75 Å². The fourth-order valence-electron chi connectivity index (χ4n) is 5.05. The van der Waals surface area contributed by atoms with Crippen molar-refractivity contribution in [1.29, 1.82) is 0 Å². The van der Waals surface area contributed by atoms with E-state index in [1.54, 1.807) is 4.57 Å². The number of aromatic nitrogens is 1. The number of carboxylic acid groups (broad SMARTS) is 1. The molecule has 0 bridgehead atoms. The van der Waals surface area contributed by atoms with Crippen LogP contribution in [0, 0.1) is 11.7 Å². The van der Waals surface area contributed by atoms with Crippen LogP contribution in [0.3, 0.4) is 0 Å². The number of methoxy groups -OCH3 is 1. The minimum atomic E-state index is -1.32. The Kier molecular flexibility index (Phi) is 4.30. The number of rotatable bonds is 4. The third kappa shape index (κ3) is 2.79. The average molecular weight is 416 g/mol. The Balaban J connectivity index is 1.74. The zero-order valence-corrected chi connectivity index (χ0v) is 16.8. The first kappa shape index (κ1) is 19.3. The predicted molar refractivity (Wildman–Crippen MR) is 110 cm³/mol. The second-order valence-electron chi connectivity index (χ2n) is 8.64. The molecule has 4 N–H and O–H groups in total. The van der Waals surface area contributed by atoms with Crippen LogP contribution in [-0.4, -0.2) is 48.0 Å². The Morgan fingerprint density at radius 3 is 2.80 bits per heavy atom. The quantitative estimate of drug-likeness (QED) is 0.695. The highest BCUT2D eigenvalue weighted by Gasteiger charge is 2.46. The molecule has 2 unspecified atom stereocenters. The number of hydrogen-bond donors (Lipinski definition) is 3. The number of hydrogen-bond acceptors (Lipinski definition) is 6. The normalized spacial score (nSPS) is 26.1. The van der Waals surface area contributed by atoms with Crippen LogP contribution in [-0.2, 0) is 0 Å². The lowest BCUT2D eigenvalue weighted by molar-refractivity contribution is 0.0695. The van der Waals surface area contributed by atoms with E-state index in [9.17, 15) is 14.7 Å². The van der Waals surface area contributed by atoms with Crippen LogP contribution < -0.4 is 26.1 Å². The van der Waals surface area contributed by atoms with E-state index in [1.807, 2.05) is 4.90 Å². The van der Waals surface area contributed by atoms with Gasteiger partial charge in [0.25, 0.3) is 0 Å². The minimum Gasteiger partial charge on any atom is -0.492 e. The highest BCUT2D eigenvalue weighted by molar-refractivity contribution is 5.97. The van der Waals surface area contributed by atoms with Gasteiger partial charge < -0.3 is 25.0 Å². The van der Waals surface area contributed by atoms with E-state index in [-0.39, 0.29) is 34.3 Å². The van der Waals surface area contributed by atoms with Crippen LogP contribution >= 0.6 is 0 Å². The standard InChI is InChI=1S/C21H25FN4O4/c1-30-19-16-13(18(27)14(20(28)29)9-26(16)12-4-5-12)7-15(22)17(19)25-8-11-3-2-6-24-21(11,23)10-25/h7,9,11-12,24H,2-6,8,10,23H2,1H3,(H,28,29). The van der Waals surface area contributed by atoms with Gasteiger partial charge in [-0.05, 0) is 38.3 Å². The summed E-state index contributed by atoms with van der Waals surface area (Å²) in [5.74, 6) is -1.48. The van der Waals surface area contributed by atoms with Gasteiger partial charge in [0.15, 0.2) is 11.6 Å². The Labute approximate surface area is 172 Å². The molecule has 3 fully saturated rings. The Bertz CT molecular complexity index is 1110. The third-order valence-corrected chi connectivity index (χ3v) is 6.69.